The Morgan fingerprint density at radius 2 is 1.95 bits per heavy atom. The van der Waals surface area contributed by atoms with Gasteiger partial charge in [-0.2, -0.15) is 0 Å². The molecule has 5 nitrogen and oxygen atoms in total. The molecule has 21 heavy (non-hydrogen) atoms. The van der Waals surface area contributed by atoms with E-state index in [2.05, 4.69) is 10.3 Å². The summed E-state index contributed by atoms with van der Waals surface area (Å²) in [7, 11) is 5.34. The van der Waals surface area contributed by atoms with Gasteiger partial charge in [0.1, 0.15) is 11.8 Å². The number of nitrogens with one attached hydrogen (secondary N) is 1. The largest absolute Gasteiger partial charge is 0.497 e. The number of amides is 1. The fourth-order valence-electron chi connectivity index (χ4n) is 2.11. The molecule has 2 rings (SSSR count). The summed E-state index contributed by atoms with van der Waals surface area (Å²) in [6.45, 7) is 0. The van der Waals surface area contributed by atoms with E-state index < -0.39 is 0 Å². The van der Waals surface area contributed by atoms with E-state index in [1.807, 2.05) is 55.4 Å². The molecule has 1 N–H and O–H groups in total. The van der Waals surface area contributed by atoms with Crippen LogP contribution in [0.5, 0.6) is 5.75 Å². The SMILES string of the molecule is COc1ccc(NC(=O)C(c2cccnc2)N(C)C)cc1. The molecule has 0 fully saturated rings. The topological polar surface area (TPSA) is 54.5 Å². The summed E-state index contributed by atoms with van der Waals surface area (Å²) < 4.78 is 5.10. The summed E-state index contributed by atoms with van der Waals surface area (Å²) in [6, 6.07) is 10.6. The second-order valence-corrected chi connectivity index (χ2v) is 4.87. The smallest absolute Gasteiger partial charge is 0.246 e. The first-order valence-electron chi connectivity index (χ1n) is 6.63. The van der Waals surface area contributed by atoms with Crippen LogP contribution in [0, 0.1) is 0 Å². The summed E-state index contributed by atoms with van der Waals surface area (Å²) in [4.78, 5) is 18.4. The molecule has 0 aliphatic rings. The highest BCUT2D eigenvalue weighted by molar-refractivity contribution is 5.95. The van der Waals surface area contributed by atoms with Gasteiger partial charge >= 0.3 is 0 Å². The van der Waals surface area contributed by atoms with Crippen molar-refractivity contribution >= 4 is 11.6 Å². The van der Waals surface area contributed by atoms with Gasteiger partial charge < -0.3 is 10.1 Å². The van der Waals surface area contributed by atoms with Crippen molar-refractivity contribution in [2.75, 3.05) is 26.5 Å². The molecule has 1 aromatic heterocycles. The lowest BCUT2D eigenvalue weighted by atomic mass is 10.1. The number of methoxy groups -OCH3 is 1. The summed E-state index contributed by atoms with van der Waals surface area (Å²) in [6.07, 6.45) is 3.40. The zero-order chi connectivity index (χ0) is 15.2. The lowest BCUT2D eigenvalue weighted by Gasteiger charge is -2.23. The zero-order valence-electron chi connectivity index (χ0n) is 12.4. The number of hydrogen-bond acceptors (Lipinski definition) is 4. The molecule has 0 spiro atoms. The zero-order valence-corrected chi connectivity index (χ0v) is 12.4. The highest BCUT2D eigenvalue weighted by atomic mass is 16.5. The number of pyridine rings is 1. The number of benzene rings is 1. The van der Waals surface area contributed by atoms with Gasteiger partial charge in [0.05, 0.1) is 7.11 Å². The van der Waals surface area contributed by atoms with Crippen molar-refractivity contribution in [3.05, 3.63) is 54.4 Å². The summed E-state index contributed by atoms with van der Waals surface area (Å²) in [5.74, 6) is 0.655. The minimum absolute atomic E-state index is 0.0989. The maximum atomic E-state index is 12.5. The van der Waals surface area contributed by atoms with Gasteiger partial charge in [-0.1, -0.05) is 6.07 Å². The van der Waals surface area contributed by atoms with E-state index in [1.54, 1.807) is 19.5 Å². The first-order valence-corrected chi connectivity index (χ1v) is 6.63. The first-order chi connectivity index (χ1) is 10.1. The summed E-state index contributed by atoms with van der Waals surface area (Å²) in [5.41, 5.74) is 1.59. The maximum Gasteiger partial charge on any atom is 0.246 e. The minimum atomic E-state index is -0.388. The maximum absolute atomic E-state index is 12.5. The van der Waals surface area contributed by atoms with Gasteiger partial charge in [0.25, 0.3) is 0 Å². The third kappa shape index (κ3) is 3.79. The molecule has 0 radical (unpaired) electrons. The van der Waals surface area contributed by atoms with Crippen molar-refractivity contribution < 1.29 is 9.53 Å². The van der Waals surface area contributed by atoms with Crippen LogP contribution in [0.1, 0.15) is 11.6 Å². The normalized spacial score (nSPS) is 12.0. The van der Waals surface area contributed by atoms with Gasteiger partial charge in [-0.3, -0.25) is 14.7 Å². The first kappa shape index (κ1) is 15.0. The Morgan fingerprint density at radius 1 is 1.24 bits per heavy atom. The Bertz CT molecular complexity index is 582. The number of aromatic nitrogens is 1. The molecule has 1 aromatic carbocycles. The predicted octanol–water partition coefficient (Wildman–Crippen LogP) is 2.33. The Balaban J connectivity index is 2.15. The monoisotopic (exact) mass is 285 g/mol. The lowest BCUT2D eigenvalue weighted by molar-refractivity contribution is -0.120. The fraction of sp³-hybridized carbons (Fsp3) is 0.250. The number of carbonyl (C=O) groups is 1. The van der Waals surface area contributed by atoms with Crippen LogP contribution < -0.4 is 10.1 Å². The quantitative estimate of drug-likeness (QED) is 0.916. The standard InChI is InChI=1S/C16H19N3O2/c1-19(2)15(12-5-4-10-17-11-12)16(20)18-13-6-8-14(21-3)9-7-13/h4-11,15H,1-3H3,(H,18,20). The second kappa shape index (κ2) is 6.85. The molecule has 0 bridgehead atoms. The van der Waals surface area contributed by atoms with Gasteiger partial charge in [0, 0.05) is 18.1 Å². The average Bonchev–Trinajstić information content (AvgIpc) is 2.49. The van der Waals surface area contributed by atoms with Crippen LogP contribution in [0.25, 0.3) is 0 Å². The van der Waals surface area contributed by atoms with E-state index in [4.69, 9.17) is 4.74 Å². The third-order valence-corrected chi connectivity index (χ3v) is 3.12. The number of hydrogen-bond donors (Lipinski definition) is 1. The number of likely N-dealkylation sites (N-methyl/N-ethyl adjacent to an activating group) is 1. The van der Waals surface area contributed by atoms with Crippen LogP contribution in [0.2, 0.25) is 0 Å². The van der Waals surface area contributed by atoms with Gasteiger partial charge in [-0.15, -0.1) is 0 Å². The van der Waals surface area contributed by atoms with E-state index in [1.165, 1.54) is 0 Å². The van der Waals surface area contributed by atoms with E-state index >= 15 is 0 Å². The van der Waals surface area contributed by atoms with Crippen LogP contribution in [-0.2, 0) is 4.79 Å². The fourth-order valence-corrected chi connectivity index (χ4v) is 2.11. The van der Waals surface area contributed by atoms with E-state index in [9.17, 15) is 4.79 Å². The van der Waals surface area contributed by atoms with Crippen molar-refractivity contribution in [1.29, 1.82) is 0 Å². The molecule has 1 unspecified atom stereocenters. The van der Waals surface area contributed by atoms with Crippen molar-refractivity contribution in [1.82, 2.24) is 9.88 Å². The predicted molar refractivity (Wildman–Crippen MR) is 82.3 cm³/mol. The molecule has 0 saturated carbocycles. The van der Waals surface area contributed by atoms with Gasteiger partial charge in [0.2, 0.25) is 5.91 Å². The molecule has 2 aromatic rings. The van der Waals surface area contributed by atoms with Crippen molar-refractivity contribution in [3.8, 4) is 5.75 Å². The van der Waals surface area contributed by atoms with Crippen LogP contribution in [0.4, 0.5) is 5.69 Å². The Morgan fingerprint density at radius 3 is 2.48 bits per heavy atom. The molecule has 1 amide bonds. The van der Waals surface area contributed by atoms with Gasteiger partial charge in [0.15, 0.2) is 0 Å². The number of ether oxygens (including phenoxy) is 1. The van der Waals surface area contributed by atoms with Gasteiger partial charge in [-0.25, -0.2) is 0 Å². The highest BCUT2D eigenvalue weighted by Gasteiger charge is 2.23. The minimum Gasteiger partial charge on any atom is -0.497 e. The van der Waals surface area contributed by atoms with Crippen molar-refractivity contribution in [2.45, 2.75) is 6.04 Å². The van der Waals surface area contributed by atoms with E-state index in [0.717, 1.165) is 17.0 Å². The third-order valence-electron chi connectivity index (χ3n) is 3.12. The number of rotatable bonds is 5. The summed E-state index contributed by atoms with van der Waals surface area (Å²) >= 11 is 0. The Kier molecular flexibility index (Phi) is 4.90. The second-order valence-electron chi connectivity index (χ2n) is 4.87. The highest BCUT2D eigenvalue weighted by Crippen LogP contribution is 2.21. The number of carbonyl (C=O) groups excluding carboxylic acids is 1. The molecule has 0 aliphatic carbocycles. The Hall–Kier alpha value is -2.40. The average molecular weight is 285 g/mol. The van der Waals surface area contributed by atoms with Crippen LogP contribution in [0.15, 0.2) is 48.8 Å². The molecule has 1 atom stereocenters. The summed E-state index contributed by atoms with van der Waals surface area (Å²) in [5, 5.41) is 2.91. The van der Waals surface area contributed by atoms with Crippen LogP contribution in [0.3, 0.4) is 0 Å². The van der Waals surface area contributed by atoms with Gasteiger partial charge in [-0.05, 0) is 50.0 Å². The van der Waals surface area contributed by atoms with E-state index in [0.29, 0.717) is 0 Å². The van der Waals surface area contributed by atoms with Crippen molar-refractivity contribution in [2.24, 2.45) is 0 Å². The van der Waals surface area contributed by atoms with Crippen molar-refractivity contribution in [3.63, 3.8) is 0 Å². The van der Waals surface area contributed by atoms with Crippen LogP contribution in [-0.4, -0.2) is 37.0 Å². The lowest BCUT2D eigenvalue weighted by Crippen LogP contribution is -2.32. The molecule has 110 valence electrons. The van der Waals surface area contributed by atoms with Crippen LogP contribution >= 0.6 is 0 Å². The Labute approximate surface area is 124 Å². The molecular formula is C16H19N3O2. The molecule has 0 aliphatic heterocycles. The molecule has 1 heterocycles. The molecule has 0 saturated heterocycles. The van der Waals surface area contributed by atoms with E-state index in [-0.39, 0.29) is 11.9 Å². The number of anilines is 1. The molecule has 5 heteroatoms. The number of nitrogens with zero attached hydrogens (tertiary/aromatic N) is 2. The molecular weight excluding hydrogens is 266 g/mol.